The predicted molar refractivity (Wildman–Crippen MR) is 104 cm³/mol. The zero-order valence-electron chi connectivity index (χ0n) is 15.9. The van der Waals surface area contributed by atoms with Gasteiger partial charge in [0.05, 0.1) is 5.56 Å². The highest BCUT2D eigenvalue weighted by Gasteiger charge is 2.23. The highest BCUT2D eigenvalue weighted by molar-refractivity contribution is 5.90. The number of carbonyl (C=O) groups is 2. The first-order valence-electron chi connectivity index (χ1n) is 9.57. The molecular formula is C22H24FNO4. The smallest absolute Gasteiger partial charge is 0.331 e. The second-order valence-electron chi connectivity index (χ2n) is 6.83. The van der Waals surface area contributed by atoms with E-state index < -0.39 is 12.1 Å². The van der Waals surface area contributed by atoms with Crippen LogP contribution >= 0.6 is 0 Å². The molecule has 0 unspecified atom stereocenters. The summed E-state index contributed by atoms with van der Waals surface area (Å²) in [6.45, 7) is 3.01. The molecule has 148 valence electrons. The lowest BCUT2D eigenvalue weighted by Crippen LogP contribution is -2.40. The average molecular weight is 385 g/mol. The summed E-state index contributed by atoms with van der Waals surface area (Å²) in [6.07, 6.45) is 6.02. The van der Waals surface area contributed by atoms with Crippen molar-refractivity contribution >= 4 is 18.0 Å². The molecule has 0 saturated carbocycles. The standard InChI is InChI=1S/C22H24FNO4/c1-16(22(26)24-14-6-2-3-7-15-24)27-21(25)13-11-17-10-12-20(28-17)18-8-4-5-9-19(18)23/h4-5,8-13,16H,2-3,6-7,14-15H2,1H3/b13-11+/t16-/m0/s1. The number of esters is 1. The van der Waals surface area contributed by atoms with Gasteiger partial charge in [-0.05, 0) is 50.1 Å². The minimum absolute atomic E-state index is 0.163. The van der Waals surface area contributed by atoms with Crippen LogP contribution < -0.4 is 0 Å². The fourth-order valence-corrected chi connectivity index (χ4v) is 3.21. The fourth-order valence-electron chi connectivity index (χ4n) is 3.21. The number of hydrogen-bond acceptors (Lipinski definition) is 4. The summed E-state index contributed by atoms with van der Waals surface area (Å²) >= 11 is 0. The van der Waals surface area contributed by atoms with E-state index in [2.05, 4.69) is 0 Å². The van der Waals surface area contributed by atoms with Gasteiger partial charge in [-0.1, -0.05) is 25.0 Å². The first-order chi connectivity index (χ1) is 13.5. The Labute approximate surface area is 163 Å². The summed E-state index contributed by atoms with van der Waals surface area (Å²) in [5.74, 6) is -0.409. The van der Waals surface area contributed by atoms with Crippen molar-refractivity contribution in [2.45, 2.75) is 38.7 Å². The van der Waals surface area contributed by atoms with E-state index in [9.17, 15) is 14.0 Å². The molecule has 0 N–H and O–H groups in total. The van der Waals surface area contributed by atoms with Gasteiger partial charge in [0.1, 0.15) is 17.3 Å². The number of halogens is 1. The monoisotopic (exact) mass is 385 g/mol. The number of likely N-dealkylation sites (tertiary alicyclic amines) is 1. The summed E-state index contributed by atoms with van der Waals surface area (Å²) in [4.78, 5) is 26.2. The number of carbonyl (C=O) groups excluding carboxylic acids is 2. The number of nitrogens with zero attached hydrogens (tertiary/aromatic N) is 1. The van der Waals surface area contributed by atoms with Crippen molar-refractivity contribution in [3.05, 3.63) is 54.1 Å². The molecule has 28 heavy (non-hydrogen) atoms. The molecule has 6 heteroatoms. The fraction of sp³-hybridized carbons (Fsp3) is 0.364. The molecule has 1 fully saturated rings. The van der Waals surface area contributed by atoms with Crippen LogP contribution in [0, 0.1) is 5.82 Å². The minimum atomic E-state index is -0.833. The number of hydrogen-bond donors (Lipinski definition) is 0. The second-order valence-corrected chi connectivity index (χ2v) is 6.83. The summed E-state index contributed by atoms with van der Waals surface area (Å²) in [5.41, 5.74) is 0.349. The van der Waals surface area contributed by atoms with E-state index in [-0.39, 0.29) is 11.7 Å². The van der Waals surface area contributed by atoms with Crippen LogP contribution in [0.1, 0.15) is 38.4 Å². The van der Waals surface area contributed by atoms with Gasteiger partial charge < -0.3 is 14.1 Å². The zero-order chi connectivity index (χ0) is 19.9. The maximum atomic E-state index is 13.8. The van der Waals surface area contributed by atoms with E-state index in [0.717, 1.165) is 25.7 Å². The van der Waals surface area contributed by atoms with Gasteiger partial charge in [0.15, 0.2) is 6.10 Å². The maximum absolute atomic E-state index is 13.8. The molecule has 1 amide bonds. The Balaban J connectivity index is 1.56. The van der Waals surface area contributed by atoms with Crippen molar-refractivity contribution in [1.29, 1.82) is 0 Å². The zero-order valence-corrected chi connectivity index (χ0v) is 15.9. The van der Waals surface area contributed by atoms with Crippen LogP contribution in [-0.2, 0) is 14.3 Å². The highest BCUT2D eigenvalue weighted by Crippen LogP contribution is 2.25. The van der Waals surface area contributed by atoms with E-state index >= 15 is 0 Å². The largest absolute Gasteiger partial charge is 0.457 e. The second kappa shape index (κ2) is 9.35. The van der Waals surface area contributed by atoms with Crippen LogP contribution in [0.5, 0.6) is 0 Å². The molecular weight excluding hydrogens is 361 g/mol. The maximum Gasteiger partial charge on any atom is 0.331 e. The Morgan fingerprint density at radius 2 is 1.82 bits per heavy atom. The van der Waals surface area contributed by atoms with E-state index in [1.807, 2.05) is 0 Å². The summed E-state index contributed by atoms with van der Waals surface area (Å²) in [5, 5.41) is 0. The van der Waals surface area contributed by atoms with Crippen LogP contribution in [0.25, 0.3) is 17.4 Å². The van der Waals surface area contributed by atoms with E-state index in [1.54, 1.807) is 42.2 Å². The van der Waals surface area contributed by atoms with Crippen molar-refractivity contribution in [2.75, 3.05) is 13.1 Å². The van der Waals surface area contributed by atoms with Crippen molar-refractivity contribution in [3.8, 4) is 11.3 Å². The van der Waals surface area contributed by atoms with Crippen molar-refractivity contribution in [1.82, 2.24) is 4.90 Å². The van der Waals surface area contributed by atoms with Crippen molar-refractivity contribution < 1.29 is 23.1 Å². The molecule has 3 rings (SSSR count). The highest BCUT2D eigenvalue weighted by atomic mass is 19.1. The number of ether oxygens (including phenoxy) is 1. The lowest BCUT2D eigenvalue weighted by molar-refractivity contribution is -0.155. The average Bonchev–Trinajstić information content (AvgIpc) is 2.99. The lowest BCUT2D eigenvalue weighted by atomic mass is 10.1. The predicted octanol–water partition coefficient (Wildman–Crippen LogP) is 4.43. The molecule has 5 nitrogen and oxygen atoms in total. The Bertz CT molecular complexity index is 850. The SMILES string of the molecule is C[C@H](OC(=O)/C=C/c1ccc(-c2ccccc2F)o1)C(=O)N1CCCCCC1. The molecule has 0 radical (unpaired) electrons. The number of rotatable bonds is 5. The third-order valence-electron chi connectivity index (χ3n) is 4.71. The van der Waals surface area contributed by atoms with Gasteiger partial charge in [-0.15, -0.1) is 0 Å². The normalized spacial score (nSPS) is 16.0. The molecule has 2 aromatic rings. The van der Waals surface area contributed by atoms with Crippen LogP contribution in [0.2, 0.25) is 0 Å². The Kier molecular flexibility index (Phi) is 6.63. The quantitative estimate of drug-likeness (QED) is 0.564. The van der Waals surface area contributed by atoms with Gasteiger partial charge in [0.25, 0.3) is 5.91 Å². The molecule has 2 heterocycles. The molecule has 0 aliphatic carbocycles. The summed E-state index contributed by atoms with van der Waals surface area (Å²) in [7, 11) is 0. The van der Waals surface area contributed by atoms with Gasteiger partial charge in [0, 0.05) is 19.2 Å². The number of furan rings is 1. The van der Waals surface area contributed by atoms with E-state index in [4.69, 9.17) is 9.15 Å². The topological polar surface area (TPSA) is 59.8 Å². The lowest BCUT2D eigenvalue weighted by Gasteiger charge is -2.23. The van der Waals surface area contributed by atoms with E-state index in [0.29, 0.717) is 30.2 Å². The molecule has 1 atom stereocenters. The molecule has 1 aromatic carbocycles. The van der Waals surface area contributed by atoms with E-state index in [1.165, 1.54) is 18.2 Å². The molecule has 0 bridgehead atoms. The minimum Gasteiger partial charge on any atom is -0.457 e. The van der Waals surface area contributed by atoms with Crippen LogP contribution in [0.15, 0.2) is 46.9 Å². The first-order valence-corrected chi connectivity index (χ1v) is 9.57. The number of amides is 1. The summed E-state index contributed by atoms with van der Waals surface area (Å²) in [6, 6.07) is 9.56. The number of benzene rings is 1. The molecule has 1 aliphatic rings. The third-order valence-corrected chi connectivity index (χ3v) is 4.71. The third kappa shape index (κ3) is 5.09. The molecule has 0 spiro atoms. The summed E-state index contributed by atoms with van der Waals surface area (Å²) < 4.78 is 24.6. The van der Waals surface area contributed by atoms with Gasteiger partial charge in [-0.3, -0.25) is 4.79 Å². The molecule has 1 aliphatic heterocycles. The molecule has 1 saturated heterocycles. The van der Waals surface area contributed by atoms with Crippen molar-refractivity contribution in [2.24, 2.45) is 0 Å². The van der Waals surface area contributed by atoms with Gasteiger partial charge >= 0.3 is 5.97 Å². The van der Waals surface area contributed by atoms with Gasteiger partial charge in [-0.25, -0.2) is 9.18 Å². The van der Waals surface area contributed by atoms with Crippen LogP contribution in [0.4, 0.5) is 4.39 Å². The molecule has 1 aromatic heterocycles. The first kappa shape index (κ1) is 19.9. The Morgan fingerprint density at radius 1 is 1.11 bits per heavy atom. The van der Waals surface area contributed by atoms with Gasteiger partial charge in [0.2, 0.25) is 0 Å². The Hall–Kier alpha value is -2.89. The van der Waals surface area contributed by atoms with Crippen LogP contribution in [-0.4, -0.2) is 36.0 Å². The van der Waals surface area contributed by atoms with Crippen LogP contribution in [0.3, 0.4) is 0 Å². The van der Waals surface area contributed by atoms with Gasteiger partial charge in [-0.2, -0.15) is 0 Å². The van der Waals surface area contributed by atoms with Crippen molar-refractivity contribution in [3.63, 3.8) is 0 Å². The Morgan fingerprint density at radius 3 is 2.54 bits per heavy atom.